The van der Waals surface area contributed by atoms with E-state index in [1.54, 1.807) is 24.3 Å². The van der Waals surface area contributed by atoms with Crippen molar-refractivity contribution in [2.75, 3.05) is 0 Å². The van der Waals surface area contributed by atoms with Crippen molar-refractivity contribution in [2.24, 2.45) is 0 Å². The third-order valence-corrected chi connectivity index (χ3v) is 2.23. The molecule has 1 N–H and O–H groups in total. The molecule has 0 amide bonds. The van der Waals surface area contributed by atoms with Crippen LogP contribution in [0.4, 0.5) is 13.2 Å². The molecule has 0 aromatic heterocycles. The van der Waals surface area contributed by atoms with Gasteiger partial charge in [0.1, 0.15) is 0 Å². The van der Waals surface area contributed by atoms with Crippen LogP contribution in [0.2, 0.25) is 5.02 Å². The van der Waals surface area contributed by atoms with Gasteiger partial charge in [-0.05, 0) is 24.1 Å². The van der Waals surface area contributed by atoms with Crippen molar-refractivity contribution in [3.8, 4) is 0 Å². The van der Waals surface area contributed by atoms with Crippen LogP contribution in [0.25, 0.3) is 0 Å². The number of hydrogen-bond donors (Lipinski definition) is 1. The van der Waals surface area contributed by atoms with Crippen LogP contribution in [0, 0.1) is 0 Å². The van der Waals surface area contributed by atoms with E-state index in [2.05, 4.69) is 0 Å². The fourth-order valence-electron chi connectivity index (χ4n) is 1.25. The van der Waals surface area contributed by atoms with Crippen LogP contribution < -0.4 is 0 Å². The zero-order valence-corrected chi connectivity index (χ0v) is 9.79. The standard InChI is InChI=1S/C10H11ClO2.CHF3/c1-2-9(10(12)13)7-3-5-8(11)6-4-7;2-1(3)4/h3-6,9H,2H2,1H3,(H,12,13);1H/t9-;/m0./s1. The lowest BCUT2D eigenvalue weighted by atomic mass is 9.97. The van der Waals surface area contributed by atoms with E-state index in [0.717, 1.165) is 5.56 Å². The number of aliphatic carboxylic acids is 1. The summed E-state index contributed by atoms with van der Waals surface area (Å²) in [6, 6.07) is 6.93. The summed E-state index contributed by atoms with van der Waals surface area (Å²) >= 11 is 5.69. The van der Waals surface area contributed by atoms with Gasteiger partial charge in [-0.1, -0.05) is 30.7 Å². The first-order chi connectivity index (χ1) is 7.88. The molecule has 0 aliphatic heterocycles. The smallest absolute Gasteiger partial charge is 0.379 e. The Morgan fingerprint density at radius 1 is 1.29 bits per heavy atom. The van der Waals surface area contributed by atoms with Crippen LogP contribution in [0.3, 0.4) is 0 Å². The summed E-state index contributed by atoms with van der Waals surface area (Å²) in [5.74, 6) is -1.21. The second-order valence-corrected chi connectivity index (χ2v) is 3.53. The lowest BCUT2D eigenvalue weighted by Crippen LogP contribution is -2.09. The highest BCUT2D eigenvalue weighted by Crippen LogP contribution is 2.21. The van der Waals surface area contributed by atoms with Gasteiger partial charge in [0.25, 0.3) is 0 Å². The van der Waals surface area contributed by atoms with Crippen molar-refractivity contribution >= 4 is 17.6 Å². The number of halogens is 4. The van der Waals surface area contributed by atoms with Crippen molar-refractivity contribution < 1.29 is 23.1 Å². The Hall–Kier alpha value is -1.23. The lowest BCUT2D eigenvalue weighted by Gasteiger charge is -2.09. The minimum atomic E-state index is -3.67. The number of carboxylic acid groups (broad SMARTS) is 1. The molecule has 96 valence electrons. The fourth-order valence-corrected chi connectivity index (χ4v) is 1.37. The van der Waals surface area contributed by atoms with Gasteiger partial charge < -0.3 is 5.11 Å². The molecular weight excluding hydrogens is 257 g/mol. The van der Waals surface area contributed by atoms with Gasteiger partial charge in [-0.3, -0.25) is 4.79 Å². The van der Waals surface area contributed by atoms with E-state index >= 15 is 0 Å². The molecule has 0 unspecified atom stereocenters. The van der Waals surface area contributed by atoms with Crippen LogP contribution in [-0.4, -0.2) is 17.8 Å². The van der Waals surface area contributed by atoms with Gasteiger partial charge in [0, 0.05) is 5.02 Å². The molecule has 0 bridgehead atoms. The summed E-state index contributed by atoms with van der Waals surface area (Å²) in [6.45, 7) is -1.81. The van der Waals surface area contributed by atoms with Crippen molar-refractivity contribution in [1.82, 2.24) is 0 Å². The minimum absolute atomic E-state index is 0.419. The topological polar surface area (TPSA) is 37.3 Å². The van der Waals surface area contributed by atoms with Crippen molar-refractivity contribution in [3.63, 3.8) is 0 Å². The fraction of sp³-hybridized carbons (Fsp3) is 0.364. The van der Waals surface area contributed by atoms with E-state index in [1.165, 1.54) is 0 Å². The van der Waals surface area contributed by atoms with E-state index < -0.39 is 18.6 Å². The highest BCUT2D eigenvalue weighted by Gasteiger charge is 2.16. The Labute approximate surface area is 102 Å². The van der Waals surface area contributed by atoms with E-state index in [9.17, 15) is 18.0 Å². The second-order valence-electron chi connectivity index (χ2n) is 3.10. The van der Waals surface area contributed by atoms with Crippen LogP contribution in [0.15, 0.2) is 24.3 Å². The molecule has 0 saturated heterocycles. The molecular formula is C11H12ClF3O2. The molecule has 0 saturated carbocycles. The monoisotopic (exact) mass is 268 g/mol. The number of carboxylic acids is 1. The first-order valence-corrected chi connectivity index (χ1v) is 5.16. The Kier molecular flexibility index (Phi) is 7.37. The molecule has 6 heteroatoms. The molecule has 2 nitrogen and oxygen atoms in total. The minimum Gasteiger partial charge on any atom is -0.481 e. The number of carbonyl (C=O) groups is 1. The molecule has 0 fully saturated rings. The lowest BCUT2D eigenvalue weighted by molar-refractivity contribution is -0.138. The van der Waals surface area contributed by atoms with E-state index in [1.807, 2.05) is 6.92 Å². The zero-order chi connectivity index (χ0) is 13.4. The zero-order valence-electron chi connectivity index (χ0n) is 9.04. The highest BCUT2D eigenvalue weighted by molar-refractivity contribution is 6.30. The Bertz CT molecular complexity index is 338. The van der Waals surface area contributed by atoms with Crippen LogP contribution in [-0.2, 0) is 4.79 Å². The Morgan fingerprint density at radius 2 is 1.71 bits per heavy atom. The van der Waals surface area contributed by atoms with Crippen LogP contribution in [0.5, 0.6) is 0 Å². The predicted molar refractivity (Wildman–Crippen MR) is 59.2 cm³/mol. The summed E-state index contributed by atoms with van der Waals surface area (Å²) in [5, 5.41) is 9.49. The number of hydrogen-bond acceptors (Lipinski definition) is 1. The van der Waals surface area contributed by atoms with Gasteiger partial charge in [-0.2, -0.15) is 13.2 Å². The quantitative estimate of drug-likeness (QED) is 0.896. The van der Waals surface area contributed by atoms with Gasteiger partial charge >= 0.3 is 12.6 Å². The van der Waals surface area contributed by atoms with E-state index in [0.29, 0.717) is 11.4 Å². The summed E-state index contributed by atoms with van der Waals surface area (Å²) in [7, 11) is 0. The first-order valence-electron chi connectivity index (χ1n) is 4.79. The van der Waals surface area contributed by atoms with Crippen molar-refractivity contribution in [2.45, 2.75) is 25.9 Å². The molecule has 17 heavy (non-hydrogen) atoms. The molecule has 0 spiro atoms. The van der Waals surface area contributed by atoms with E-state index in [4.69, 9.17) is 16.7 Å². The third kappa shape index (κ3) is 6.84. The summed E-state index contributed by atoms with van der Waals surface area (Å²) < 4.78 is 29.0. The third-order valence-electron chi connectivity index (χ3n) is 1.98. The Balaban J connectivity index is 0.000000557. The maximum absolute atomic E-state index is 10.8. The highest BCUT2D eigenvalue weighted by atomic mass is 35.5. The first kappa shape index (κ1) is 15.8. The van der Waals surface area contributed by atoms with Gasteiger partial charge in [-0.15, -0.1) is 0 Å². The van der Waals surface area contributed by atoms with Gasteiger partial charge in [-0.25, -0.2) is 0 Å². The summed E-state index contributed by atoms with van der Waals surface area (Å²) in [5.41, 5.74) is 0.805. The molecule has 1 aromatic carbocycles. The normalized spacial score (nSPS) is 11.6. The average Bonchev–Trinajstić information content (AvgIpc) is 2.20. The average molecular weight is 269 g/mol. The molecule has 0 aliphatic carbocycles. The molecule has 0 heterocycles. The molecule has 0 aliphatic rings. The predicted octanol–water partition coefficient (Wildman–Crippen LogP) is 4.10. The van der Waals surface area contributed by atoms with E-state index in [-0.39, 0.29) is 0 Å². The van der Waals surface area contributed by atoms with Gasteiger partial charge in [0.2, 0.25) is 0 Å². The molecule has 0 radical (unpaired) electrons. The van der Waals surface area contributed by atoms with Gasteiger partial charge in [0.05, 0.1) is 5.92 Å². The largest absolute Gasteiger partial charge is 0.481 e. The number of benzene rings is 1. The molecule has 1 rings (SSSR count). The van der Waals surface area contributed by atoms with Gasteiger partial charge in [0.15, 0.2) is 0 Å². The number of alkyl halides is 3. The summed E-state index contributed by atoms with van der Waals surface area (Å²) in [6.07, 6.45) is 0.594. The molecule has 1 atom stereocenters. The van der Waals surface area contributed by atoms with Crippen LogP contribution in [0.1, 0.15) is 24.8 Å². The molecule has 1 aromatic rings. The van der Waals surface area contributed by atoms with Crippen molar-refractivity contribution in [3.05, 3.63) is 34.9 Å². The SMILES string of the molecule is CC[C@H](C(=O)O)c1ccc(Cl)cc1.FC(F)F. The van der Waals surface area contributed by atoms with Crippen molar-refractivity contribution in [1.29, 1.82) is 0 Å². The number of rotatable bonds is 3. The maximum atomic E-state index is 10.8. The summed E-state index contributed by atoms with van der Waals surface area (Å²) in [4.78, 5) is 10.8. The Morgan fingerprint density at radius 3 is 2.00 bits per heavy atom. The maximum Gasteiger partial charge on any atom is 0.379 e. The second kappa shape index (κ2) is 7.95. The van der Waals surface area contributed by atoms with Crippen LogP contribution >= 0.6 is 11.6 Å².